The fourth-order valence-electron chi connectivity index (χ4n) is 5.33. The first-order valence-corrected chi connectivity index (χ1v) is 8.69. The van der Waals surface area contributed by atoms with Crippen molar-refractivity contribution in [2.24, 2.45) is 23.7 Å². The summed E-state index contributed by atoms with van der Waals surface area (Å²) < 4.78 is 18.0. The molecule has 0 N–H and O–H groups in total. The van der Waals surface area contributed by atoms with E-state index in [0.29, 0.717) is 30.3 Å². The molecule has 22 heavy (non-hydrogen) atoms. The maximum Gasteiger partial charge on any atom is 0.201 e. The average molecular weight is 312 g/mol. The molecule has 4 heterocycles. The molecule has 5 rings (SSSR count). The first-order valence-electron chi connectivity index (χ1n) is 8.69. The van der Waals surface area contributed by atoms with Crippen LogP contribution in [0.15, 0.2) is 0 Å². The molecule has 8 atom stereocenters. The van der Waals surface area contributed by atoms with Crippen molar-refractivity contribution in [2.75, 3.05) is 13.7 Å². The van der Waals surface area contributed by atoms with Crippen molar-refractivity contribution in [2.45, 2.75) is 70.2 Å². The second-order valence-electron chi connectivity index (χ2n) is 7.90. The van der Waals surface area contributed by atoms with E-state index in [-0.39, 0.29) is 12.4 Å². The van der Waals surface area contributed by atoms with Crippen LogP contribution in [0.3, 0.4) is 0 Å². The van der Waals surface area contributed by atoms with Crippen LogP contribution in [0.4, 0.5) is 0 Å². The molecule has 0 aromatic carbocycles. The van der Waals surface area contributed by atoms with E-state index in [1.165, 1.54) is 6.42 Å². The molecule has 0 aromatic heterocycles. The minimum absolute atomic E-state index is 0.0613. The Hall–Kier alpha value is -0.200. The van der Waals surface area contributed by atoms with Crippen molar-refractivity contribution in [1.82, 2.24) is 0 Å². The Kier molecular flexibility index (Phi) is 3.59. The van der Waals surface area contributed by atoms with E-state index < -0.39 is 11.4 Å². The summed E-state index contributed by atoms with van der Waals surface area (Å²) in [5.41, 5.74) is -0.447. The smallest absolute Gasteiger partial charge is 0.201 e. The summed E-state index contributed by atoms with van der Waals surface area (Å²) in [4.78, 5) is 11.9. The zero-order chi connectivity index (χ0) is 15.5. The summed E-state index contributed by atoms with van der Waals surface area (Å²) in [6, 6.07) is 0. The fourth-order valence-corrected chi connectivity index (χ4v) is 5.33. The highest BCUT2D eigenvalue weighted by Crippen LogP contribution is 2.60. The molecule has 2 bridgehead atoms. The van der Waals surface area contributed by atoms with Crippen molar-refractivity contribution >= 4 is 0 Å². The monoisotopic (exact) mass is 312 g/mol. The molecule has 126 valence electrons. The van der Waals surface area contributed by atoms with Crippen molar-refractivity contribution < 1.29 is 24.0 Å². The molecule has 4 saturated heterocycles. The number of hydrogen-bond donors (Lipinski definition) is 0. The zero-order valence-electron chi connectivity index (χ0n) is 14.0. The van der Waals surface area contributed by atoms with Gasteiger partial charge in [0, 0.05) is 19.4 Å². The van der Waals surface area contributed by atoms with E-state index in [4.69, 9.17) is 24.0 Å². The number of ether oxygens (including phenoxy) is 3. The molecule has 1 saturated carbocycles. The van der Waals surface area contributed by atoms with Crippen molar-refractivity contribution in [1.29, 1.82) is 0 Å². The van der Waals surface area contributed by atoms with Crippen LogP contribution in [-0.4, -0.2) is 37.5 Å². The van der Waals surface area contributed by atoms with E-state index >= 15 is 0 Å². The summed E-state index contributed by atoms with van der Waals surface area (Å²) in [6.07, 6.45) is 4.04. The lowest BCUT2D eigenvalue weighted by molar-refractivity contribution is -0.571. The highest BCUT2D eigenvalue weighted by atomic mass is 17.3. The zero-order valence-corrected chi connectivity index (χ0v) is 14.0. The van der Waals surface area contributed by atoms with Crippen LogP contribution < -0.4 is 0 Å². The maximum atomic E-state index is 6.35. The van der Waals surface area contributed by atoms with Gasteiger partial charge in [-0.15, -0.1) is 0 Å². The Morgan fingerprint density at radius 2 is 1.91 bits per heavy atom. The lowest BCUT2D eigenvalue weighted by atomic mass is 9.57. The van der Waals surface area contributed by atoms with Crippen LogP contribution in [-0.2, 0) is 24.0 Å². The van der Waals surface area contributed by atoms with Gasteiger partial charge in [0.2, 0.25) is 5.79 Å². The molecule has 1 spiro atoms. The lowest BCUT2D eigenvalue weighted by Gasteiger charge is -2.60. The first kappa shape index (κ1) is 15.3. The first-order chi connectivity index (χ1) is 10.5. The Morgan fingerprint density at radius 1 is 1.09 bits per heavy atom. The second-order valence-corrected chi connectivity index (χ2v) is 7.90. The molecule has 1 unspecified atom stereocenters. The SMILES string of the molecule is COCC1O[C@@H]2O[C@]3(C)CC[C@H]4[C@H](C)CC[C@@H]([C@H]1C)[C@@]24OO3. The fraction of sp³-hybridized carbons (Fsp3) is 1.00. The van der Waals surface area contributed by atoms with Gasteiger partial charge in [0.05, 0.1) is 12.7 Å². The summed E-state index contributed by atoms with van der Waals surface area (Å²) in [7, 11) is 1.73. The lowest BCUT2D eigenvalue weighted by Crippen LogP contribution is -2.70. The van der Waals surface area contributed by atoms with Gasteiger partial charge in [-0.05, 0) is 43.9 Å². The van der Waals surface area contributed by atoms with E-state index in [1.807, 2.05) is 6.92 Å². The van der Waals surface area contributed by atoms with Crippen LogP contribution in [0.25, 0.3) is 0 Å². The predicted octanol–water partition coefficient (Wildman–Crippen LogP) is 2.88. The molecular formula is C17H28O5. The van der Waals surface area contributed by atoms with E-state index in [9.17, 15) is 0 Å². The molecular weight excluding hydrogens is 284 g/mol. The van der Waals surface area contributed by atoms with Gasteiger partial charge in [-0.3, -0.25) is 0 Å². The summed E-state index contributed by atoms with van der Waals surface area (Å²) >= 11 is 0. The molecule has 0 amide bonds. The van der Waals surface area contributed by atoms with Crippen LogP contribution in [0.5, 0.6) is 0 Å². The predicted molar refractivity (Wildman–Crippen MR) is 78.7 cm³/mol. The third kappa shape index (κ3) is 1.96. The second kappa shape index (κ2) is 5.15. The Morgan fingerprint density at radius 3 is 2.68 bits per heavy atom. The van der Waals surface area contributed by atoms with Gasteiger partial charge < -0.3 is 14.2 Å². The van der Waals surface area contributed by atoms with E-state index in [0.717, 1.165) is 19.3 Å². The van der Waals surface area contributed by atoms with Gasteiger partial charge in [-0.2, -0.15) is 0 Å². The minimum atomic E-state index is -0.685. The summed E-state index contributed by atoms with van der Waals surface area (Å²) in [5.74, 6) is 1.14. The average Bonchev–Trinajstić information content (AvgIpc) is 2.71. The van der Waals surface area contributed by atoms with Gasteiger partial charge in [0.1, 0.15) is 0 Å². The Bertz CT molecular complexity index is 443. The number of fused-ring (bicyclic) bond motifs is 2. The quantitative estimate of drug-likeness (QED) is 0.734. The Balaban J connectivity index is 1.75. The molecule has 5 aliphatic rings. The molecule has 0 aromatic rings. The van der Waals surface area contributed by atoms with Crippen molar-refractivity contribution in [3.05, 3.63) is 0 Å². The normalized spacial score (nSPS) is 57.3. The van der Waals surface area contributed by atoms with E-state index in [1.54, 1.807) is 7.11 Å². The topological polar surface area (TPSA) is 46.2 Å². The van der Waals surface area contributed by atoms with E-state index in [2.05, 4.69) is 13.8 Å². The largest absolute Gasteiger partial charge is 0.382 e. The minimum Gasteiger partial charge on any atom is -0.382 e. The summed E-state index contributed by atoms with van der Waals surface area (Å²) in [5, 5.41) is 0. The van der Waals surface area contributed by atoms with Crippen LogP contribution >= 0.6 is 0 Å². The van der Waals surface area contributed by atoms with Crippen LogP contribution in [0.2, 0.25) is 0 Å². The van der Waals surface area contributed by atoms with Gasteiger partial charge in [0.15, 0.2) is 11.9 Å². The van der Waals surface area contributed by atoms with Crippen molar-refractivity contribution in [3.8, 4) is 0 Å². The number of rotatable bonds is 2. The summed E-state index contributed by atoms with van der Waals surface area (Å²) in [6.45, 7) is 7.16. The number of methoxy groups -OCH3 is 1. The molecule has 5 heteroatoms. The molecule has 5 fully saturated rings. The molecule has 5 nitrogen and oxygen atoms in total. The van der Waals surface area contributed by atoms with Crippen LogP contribution in [0, 0.1) is 23.7 Å². The standard InChI is InChI=1S/C17H28O5/c1-10-5-6-13-11(2)14(9-18-4)19-15-17(13)12(10)7-8-16(3,20-15)21-22-17/h10-15H,5-9H2,1-4H3/t10-,11-,12+,13+,14?,15-,16+,17-/m1/s1. The molecule has 4 aliphatic heterocycles. The molecule has 1 aliphatic carbocycles. The number of hydrogen-bond acceptors (Lipinski definition) is 5. The van der Waals surface area contributed by atoms with Gasteiger partial charge in [0.25, 0.3) is 0 Å². The third-order valence-electron chi connectivity index (χ3n) is 6.63. The Labute approximate surface area is 132 Å². The van der Waals surface area contributed by atoms with Gasteiger partial charge in [-0.1, -0.05) is 13.8 Å². The molecule has 0 radical (unpaired) electrons. The third-order valence-corrected chi connectivity index (χ3v) is 6.63. The maximum absolute atomic E-state index is 6.35. The van der Waals surface area contributed by atoms with Crippen LogP contribution in [0.1, 0.15) is 46.5 Å². The highest BCUT2D eigenvalue weighted by molar-refractivity contribution is 5.09. The van der Waals surface area contributed by atoms with Gasteiger partial charge >= 0.3 is 0 Å². The highest BCUT2D eigenvalue weighted by Gasteiger charge is 2.69. The van der Waals surface area contributed by atoms with Crippen molar-refractivity contribution in [3.63, 3.8) is 0 Å². The van der Waals surface area contributed by atoms with Gasteiger partial charge in [-0.25, -0.2) is 9.78 Å².